The molecule has 0 radical (unpaired) electrons. The van der Waals surface area contributed by atoms with E-state index in [0.29, 0.717) is 50.8 Å². The monoisotopic (exact) mass is 567 g/mol. The topological polar surface area (TPSA) is 105 Å². The van der Waals surface area contributed by atoms with Crippen molar-refractivity contribution in [3.05, 3.63) is 53.6 Å². The largest absolute Gasteiger partial charge is 0.497 e. The third-order valence-corrected chi connectivity index (χ3v) is 7.31. The second-order valence-electron chi connectivity index (χ2n) is 9.95. The van der Waals surface area contributed by atoms with Gasteiger partial charge in [-0.15, -0.1) is 0 Å². The maximum absolute atomic E-state index is 14.0. The summed E-state index contributed by atoms with van der Waals surface area (Å²) in [5.41, 5.74) is 2.42. The molecule has 0 aromatic heterocycles. The van der Waals surface area contributed by atoms with Crippen molar-refractivity contribution < 1.29 is 28.5 Å². The second-order valence-corrected chi connectivity index (χ2v) is 9.95. The molecular formula is C30H41N5O6. The van der Waals surface area contributed by atoms with Crippen molar-refractivity contribution in [2.45, 2.75) is 25.8 Å². The standard InChI is InChI=1S/C30H41N5O6/c1-5-12-31-30(37)34(14-13-33-15-17-41-18-16-33)21-29(36)35-27(25-19-24(39-3)10-11-28(25)40-4)20-26(32-35)22-6-8-23(38-2)9-7-22/h6-11,19,27H,5,12-18,20-21H2,1-4H3,(H,31,37)/t27-/m1/s1. The number of urea groups is 1. The molecule has 1 atom stereocenters. The predicted molar refractivity (Wildman–Crippen MR) is 156 cm³/mol. The van der Waals surface area contributed by atoms with Crippen molar-refractivity contribution in [2.24, 2.45) is 5.10 Å². The molecule has 1 saturated heterocycles. The molecule has 4 rings (SSSR count). The first-order valence-electron chi connectivity index (χ1n) is 14.1. The lowest BCUT2D eigenvalue weighted by molar-refractivity contribution is -0.133. The van der Waals surface area contributed by atoms with E-state index < -0.39 is 6.04 Å². The Hall–Kier alpha value is -3.83. The third kappa shape index (κ3) is 7.68. The van der Waals surface area contributed by atoms with E-state index in [0.717, 1.165) is 42.1 Å². The number of rotatable bonds is 12. The van der Waals surface area contributed by atoms with Crippen LogP contribution in [0.3, 0.4) is 0 Å². The van der Waals surface area contributed by atoms with E-state index >= 15 is 0 Å². The Labute approximate surface area is 242 Å². The van der Waals surface area contributed by atoms with Crippen LogP contribution in [0, 0.1) is 0 Å². The highest BCUT2D eigenvalue weighted by molar-refractivity contribution is 6.03. The minimum absolute atomic E-state index is 0.109. The van der Waals surface area contributed by atoms with Gasteiger partial charge in [-0.2, -0.15) is 5.10 Å². The van der Waals surface area contributed by atoms with E-state index in [1.807, 2.05) is 49.4 Å². The molecule has 0 saturated carbocycles. The number of ether oxygens (including phenoxy) is 4. The molecule has 2 heterocycles. The number of nitrogens with one attached hydrogen (secondary N) is 1. The van der Waals surface area contributed by atoms with Crippen LogP contribution in [0.15, 0.2) is 47.6 Å². The normalized spacial score (nSPS) is 17.1. The number of carbonyl (C=O) groups is 2. The Morgan fingerprint density at radius 3 is 2.39 bits per heavy atom. The van der Waals surface area contributed by atoms with Crippen molar-refractivity contribution in [1.29, 1.82) is 0 Å². The van der Waals surface area contributed by atoms with E-state index in [-0.39, 0.29) is 18.5 Å². The van der Waals surface area contributed by atoms with E-state index in [2.05, 4.69) is 10.2 Å². The zero-order valence-electron chi connectivity index (χ0n) is 24.4. The smallest absolute Gasteiger partial charge is 0.317 e. The summed E-state index contributed by atoms with van der Waals surface area (Å²) in [4.78, 5) is 30.9. The molecule has 11 nitrogen and oxygen atoms in total. The van der Waals surface area contributed by atoms with Gasteiger partial charge in [-0.1, -0.05) is 6.92 Å². The average Bonchev–Trinajstić information content (AvgIpc) is 3.47. The van der Waals surface area contributed by atoms with Gasteiger partial charge in [0.1, 0.15) is 23.8 Å². The first-order valence-corrected chi connectivity index (χ1v) is 14.1. The second kappa shape index (κ2) is 14.7. The fraction of sp³-hybridized carbons (Fsp3) is 0.500. The van der Waals surface area contributed by atoms with Gasteiger partial charge in [-0.3, -0.25) is 9.69 Å². The van der Waals surface area contributed by atoms with Crippen LogP contribution < -0.4 is 19.5 Å². The summed E-state index contributed by atoms with van der Waals surface area (Å²) in [5.74, 6) is 1.74. The van der Waals surface area contributed by atoms with Crippen LogP contribution in [-0.4, -0.2) is 106 Å². The summed E-state index contributed by atoms with van der Waals surface area (Å²) in [7, 11) is 4.82. The van der Waals surface area contributed by atoms with Crippen LogP contribution in [0.1, 0.15) is 36.9 Å². The predicted octanol–water partition coefficient (Wildman–Crippen LogP) is 3.14. The number of benzene rings is 2. The van der Waals surface area contributed by atoms with Gasteiger partial charge in [-0.05, 0) is 54.4 Å². The molecule has 2 aliphatic heterocycles. The Morgan fingerprint density at radius 2 is 1.73 bits per heavy atom. The minimum Gasteiger partial charge on any atom is -0.497 e. The number of hydrazone groups is 1. The van der Waals surface area contributed by atoms with Crippen LogP contribution in [-0.2, 0) is 9.53 Å². The molecule has 2 aliphatic rings. The van der Waals surface area contributed by atoms with E-state index in [1.54, 1.807) is 26.2 Å². The Bertz CT molecular complexity index is 1200. The SMILES string of the molecule is CCCNC(=O)N(CCN1CCOCC1)CC(=O)N1N=C(c2ccc(OC)cc2)C[C@@H]1c1cc(OC)ccc1OC. The number of amides is 3. The maximum Gasteiger partial charge on any atom is 0.317 e. The van der Waals surface area contributed by atoms with Crippen LogP contribution in [0.2, 0.25) is 0 Å². The highest BCUT2D eigenvalue weighted by atomic mass is 16.5. The van der Waals surface area contributed by atoms with E-state index in [1.165, 1.54) is 5.01 Å². The molecule has 0 unspecified atom stereocenters. The highest BCUT2D eigenvalue weighted by Crippen LogP contribution is 2.39. The Kier molecular flexibility index (Phi) is 10.8. The van der Waals surface area contributed by atoms with Crippen LogP contribution in [0.4, 0.5) is 4.79 Å². The molecule has 0 spiro atoms. The van der Waals surface area contributed by atoms with Crippen molar-refractivity contribution in [1.82, 2.24) is 20.1 Å². The maximum atomic E-state index is 14.0. The summed E-state index contributed by atoms with van der Waals surface area (Å²) in [5, 5.41) is 9.22. The molecule has 1 fully saturated rings. The van der Waals surface area contributed by atoms with Gasteiger partial charge < -0.3 is 29.2 Å². The molecule has 0 bridgehead atoms. The minimum atomic E-state index is -0.440. The van der Waals surface area contributed by atoms with Gasteiger partial charge >= 0.3 is 6.03 Å². The summed E-state index contributed by atoms with van der Waals surface area (Å²) in [6.07, 6.45) is 1.27. The number of carbonyl (C=O) groups excluding carboxylic acids is 2. The van der Waals surface area contributed by atoms with Crippen molar-refractivity contribution in [3.8, 4) is 17.2 Å². The van der Waals surface area contributed by atoms with Gasteiger partial charge in [0, 0.05) is 44.7 Å². The van der Waals surface area contributed by atoms with Crippen LogP contribution >= 0.6 is 0 Å². The van der Waals surface area contributed by atoms with Gasteiger partial charge in [0.2, 0.25) is 0 Å². The summed E-state index contributed by atoms with van der Waals surface area (Å²) < 4.78 is 21.9. The quantitative estimate of drug-likeness (QED) is 0.420. The lowest BCUT2D eigenvalue weighted by Crippen LogP contribution is -2.49. The zero-order valence-corrected chi connectivity index (χ0v) is 24.4. The molecule has 2 aromatic carbocycles. The van der Waals surface area contributed by atoms with Crippen LogP contribution in [0.25, 0.3) is 0 Å². The Balaban J connectivity index is 1.62. The highest BCUT2D eigenvalue weighted by Gasteiger charge is 2.36. The fourth-order valence-electron chi connectivity index (χ4n) is 4.96. The first-order chi connectivity index (χ1) is 20.0. The molecule has 11 heteroatoms. The van der Waals surface area contributed by atoms with Gasteiger partial charge in [0.15, 0.2) is 0 Å². The van der Waals surface area contributed by atoms with Gasteiger partial charge in [-0.25, -0.2) is 9.80 Å². The fourth-order valence-corrected chi connectivity index (χ4v) is 4.96. The number of methoxy groups -OCH3 is 3. The average molecular weight is 568 g/mol. The summed E-state index contributed by atoms with van der Waals surface area (Å²) >= 11 is 0. The van der Waals surface area contributed by atoms with Crippen molar-refractivity contribution >= 4 is 17.6 Å². The zero-order chi connectivity index (χ0) is 29.2. The Morgan fingerprint density at radius 1 is 1.02 bits per heavy atom. The summed E-state index contributed by atoms with van der Waals surface area (Å²) in [6, 6.07) is 12.4. The third-order valence-electron chi connectivity index (χ3n) is 7.31. The molecule has 2 aromatic rings. The molecule has 0 aliphatic carbocycles. The number of hydrogen-bond donors (Lipinski definition) is 1. The van der Waals surface area contributed by atoms with Gasteiger partial charge in [0.25, 0.3) is 5.91 Å². The van der Waals surface area contributed by atoms with Crippen molar-refractivity contribution in [3.63, 3.8) is 0 Å². The number of nitrogens with zero attached hydrogens (tertiary/aromatic N) is 4. The lowest BCUT2D eigenvalue weighted by atomic mass is 9.97. The number of morpholine rings is 1. The number of hydrogen-bond acceptors (Lipinski definition) is 8. The molecule has 3 amide bonds. The van der Waals surface area contributed by atoms with Crippen LogP contribution in [0.5, 0.6) is 17.2 Å². The molecular weight excluding hydrogens is 526 g/mol. The summed E-state index contributed by atoms with van der Waals surface area (Å²) in [6.45, 7) is 6.44. The first kappa shape index (κ1) is 30.1. The lowest BCUT2D eigenvalue weighted by Gasteiger charge is -2.31. The molecule has 41 heavy (non-hydrogen) atoms. The van der Waals surface area contributed by atoms with E-state index in [4.69, 9.17) is 24.0 Å². The molecule has 222 valence electrons. The van der Waals surface area contributed by atoms with E-state index in [9.17, 15) is 9.59 Å². The van der Waals surface area contributed by atoms with Gasteiger partial charge in [0.05, 0.1) is 46.3 Å². The molecule has 1 N–H and O–H groups in total. The van der Waals surface area contributed by atoms with Crippen molar-refractivity contribution in [2.75, 3.05) is 73.8 Å².